The van der Waals surface area contributed by atoms with Crippen molar-refractivity contribution in [3.63, 3.8) is 0 Å². The molecule has 3 N–H and O–H groups in total. The number of aromatic nitrogens is 1. The molecule has 6 heteroatoms. The average molecular weight is 278 g/mol. The lowest BCUT2D eigenvalue weighted by Crippen LogP contribution is -2.26. The minimum absolute atomic E-state index is 0.332. The summed E-state index contributed by atoms with van der Waals surface area (Å²) >= 11 is 0. The first kappa shape index (κ1) is 14.6. The first-order chi connectivity index (χ1) is 9.72. The van der Waals surface area contributed by atoms with Crippen LogP contribution in [-0.4, -0.2) is 48.6 Å². The Morgan fingerprint density at radius 1 is 1.50 bits per heavy atom. The molecule has 0 aromatic carbocycles. The summed E-state index contributed by atoms with van der Waals surface area (Å²) in [6, 6.07) is 1.58. The Morgan fingerprint density at radius 3 is 2.95 bits per heavy atom. The lowest BCUT2D eigenvalue weighted by atomic mass is 10.2. The van der Waals surface area contributed by atoms with Crippen LogP contribution in [0.1, 0.15) is 30.1 Å². The van der Waals surface area contributed by atoms with Gasteiger partial charge in [0.15, 0.2) is 0 Å². The number of hydrogen-bond donors (Lipinski definition) is 2. The molecule has 2 rings (SSSR count). The largest absolute Gasteiger partial charge is 0.462 e. The van der Waals surface area contributed by atoms with E-state index in [4.69, 9.17) is 10.5 Å². The van der Waals surface area contributed by atoms with Crippen molar-refractivity contribution in [1.29, 1.82) is 0 Å². The normalized spacial score (nSPS) is 15.2. The maximum atomic E-state index is 11.7. The van der Waals surface area contributed by atoms with Crippen LogP contribution in [0.2, 0.25) is 0 Å². The van der Waals surface area contributed by atoms with Crippen molar-refractivity contribution in [2.45, 2.75) is 19.8 Å². The van der Waals surface area contributed by atoms with E-state index < -0.39 is 5.97 Å². The van der Waals surface area contributed by atoms with Gasteiger partial charge in [0.05, 0.1) is 17.9 Å². The summed E-state index contributed by atoms with van der Waals surface area (Å²) in [6.07, 6.45) is 4.12. The van der Waals surface area contributed by atoms with E-state index in [1.807, 2.05) is 0 Å². The van der Waals surface area contributed by atoms with Crippen LogP contribution in [-0.2, 0) is 4.74 Å². The number of carbonyl (C=O) groups is 1. The van der Waals surface area contributed by atoms with Gasteiger partial charge in [-0.25, -0.2) is 9.78 Å². The third kappa shape index (κ3) is 3.60. The van der Waals surface area contributed by atoms with Crippen LogP contribution in [0.5, 0.6) is 0 Å². The molecule has 1 aliphatic rings. The summed E-state index contributed by atoms with van der Waals surface area (Å²) in [7, 11) is 0. The number of ether oxygens (including phenoxy) is 1. The van der Waals surface area contributed by atoms with Gasteiger partial charge in [-0.2, -0.15) is 0 Å². The minimum Gasteiger partial charge on any atom is -0.462 e. The average Bonchev–Trinajstić information content (AvgIpc) is 2.94. The molecule has 0 unspecified atom stereocenters. The van der Waals surface area contributed by atoms with Gasteiger partial charge >= 0.3 is 5.97 Å². The second-order valence-corrected chi connectivity index (χ2v) is 4.82. The minimum atomic E-state index is -0.407. The van der Waals surface area contributed by atoms with Gasteiger partial charge in [-0.15, -0.1) is 0 Å². The van der Waals surface area contributed by atoms with Gasteiger partial charge in [-0.05, 0) is 38.9 Å². The lowest BCUT2D eigenvalue weighted by molar-refractivity contribution is 0.0527. The van der Waals surface area contributed by atoms with Gasteiger partial charge in [0, 0.05) is 19.3 Å². The maximum absolute atomic E-state index is 11.7. The van der Waals surface area contributed by atoms with Gasteiger partial charge in [-0.1, -0.05) is 0 Å². The first-order valence-electron chi connectivity index (χ1n) is 7.10. The molecule has 0 bridgehead atoms. The number of carbonyl (C=O) groups excluding carboxylic acids is 1. The van der Waals surface area contributed by atoms with Gasteiger partial charge < -0.3 is 20.7 Å². The summed E-state index contributed by atoms with van der Waals surface area (Å²) in [5, 5.41) is 3.19. The number of anilines is 2. The molecule has 0 spiro atoms. The second-order valence-electron chi connectivity index (χ2n) is 4.82. The summed E-state index contributed by atoms with van der Waals surface area (Å²) in [4.78, 5) is 18.3. The first-order valence-corrected chi connectivity index (χ1v) is 7.10. The van der Waals surface area contributed by atoms with Crippen LogP contribution >= 0.6 is 0 Å². The fraction of sp³-hybridized carbons (Fsp3) is 0.571. The highest BCUT2D eigenvalue weighted by Gasteiger charge is 2.15. The maximum Gasteiger partial charge on any atom is 0.340 e. The molecule has 6 nitrogen and oxygen atoms in total. The molecular formula is C14H22N4O2. The van der Waals surface area contributed by atoms with Gasteiger partial charge in [0.2, 0.25) is 0 Å². The predicted octanol–water partition coefficient (Wildman–Crippen LogP) is 1.35. The third-order valence-corrected chi connectivity index (χ3v) is 3.40. The molecule has 1 saturated heterocycles. The van der Waals surface area contributed by atoms with E-state index >= 15 is 0 Å². The zero-order chi connectivity index (χ0) is 14.4. The van der Waals surface area contributed by atoms with Crippen LogP contribution in [0.4, 0.5) is 11.5 Å². The smallest absolute Gasteiger partial charge is 0.340 e. The van der Waals surface area contributed by atoms with E-state index in [0.29, 0.717) is 23.7 Å². The summed E-state index contributed by atoms with van der Waals surface area (Å²) in [6.45, 7) is 6.15. The van der Waals surface area contributed by atoms with Crippen molar-refractivity contribution in [2.24, 2.45) is 0 Å². The quantitative estimate of drug-likeness (QED) is 0.765. The third-order valence-electron chi connectivity index (χ3n) is 3.40. The Bertz CT molecular complexity index is 458. The number of nitrogen functional groups attached to an aromatic ring is 1. The van der Waals surface area contributed by atoms with E-state index in [-0.39, 0.29) is 0 Å². The number of nitrogens with two attached hydrogens (primary N) is 1. The molecular weight excluding hydrogens is 256 g/mol. The van der Waals surface area contributed by atoms with E-state index in [1.165, 1.54) is 12.8 Å². The van der Waals surface area contributed by atoms with Crippen molar-refractivity contribution in [2.75, 3.05) is 43.8 Å². The molecule has 0 saturated carbocycles. The van der Waals surface area contributed by atoms with Crippen molar-refractivity contribution < 1.29 is 9.53 Å². The second kappa shape index (κ2) is 7.09. The van der Waals surface area contributed by atoms with Gasteiger partial charge in [0.25, 0.3) is 0 Å². The predicted molar refractivity (Wildman–Crippen MR) is 78.8 cm³/mol. The number of pyridine rings is 1. The summed E-state index contributed by atoms with van der Waals surface area (Å²) < 4.78 is 4.97. The molecule has 1 aliphatic heterocycles. The van der Waals surface area contributed by atoms with E-state index in [1.54, 1.807) is 19.2 Å². The fourth-order valence-corrected chi connectivity index (χ4v) is 2.34. The molecule has 0 aliphatic carbocycles. The lowest BCUT2D eigenvalue weighted by Gasteiger charge is -2.16. The van der Waals surface area contributed by atoms with Crippen LogP contribution < -0.4 is 11.1 Å². The van der Waals surface area contributed by atoms with Crippen LogP contribution in [0, 0.1) is 0 Å². The zero-order valence-corrected chi connectivity index (χ0v) is 11.9. The van der Waals surface area contributed by atoms with Crippen molar-refractivity contribution in [1.82, 2.24) is 9.88 Å². The van der Waals surface area contributed by atoms with E-state index in [9.17, 15) is 4.79 Å². The highest BCUT2D eigenvalue weighted by atomic mass is 16.5. The standard InChI is InChI=1S/C14H22N4O2/c1-2-20-14(19)11-5-6-16-13(12(11)15)17-7-10-18-8-3-4-9-18/h5-6H,2-4,7-10,15H2,1H3,(H,16,17). The molecule has 0 amide bonds. The van der Waals surface area contributed by atoms with Crippen molar-refractivity contribution >= 4 is 17.5 Å². The van der Waals surface area contributed by atoms with Crippen LogP contribution in [0.15, 0.2) is 12.3 Å². The van der Waals surface area contributed by atoms with Crippen molar-refractivity contribution in [3.8, 4) is 0 Å². The van der Waals surface area contributed by atoms with Crippen molar-refractivity contribution in [3.05, 3.63) is 17.8 Å². The number of likely N-dealkylation sites (tertiary alicyclic amines) is 1. The molecule has 110 valence electrons. The monoisotopic (exact) mass is 278 g/mol. The SMILES string of the molecule is CCOC(=O)c1ccnc(NCCN2CCCC2)c1N. The van der Waals surface area contributed by atoms with Gasteiger partial charge in [0.1, 0.15) is 5.82 Å². The Labute approximate surface area is 119 Å². The Kier molecular flexibility index (Phi) is 5.17. The molecule has 2 heterocycles. The number of hydrogen-bond acceptors (Lipinski definition) is 6. The fourth-order valence-electron chi connectivity index (χ4n) is 2.34. The van der Waals surface area contributed by atoms with Crippen LogP contribution in [0.3, 0.4) is 0 Å². The molecule has 0 radical (unpaired) electrons. The number of esters is 1. The van der Waals surface area contributed by atoms with Gasteiger partial charge in [-0.3, -0.25) is 0 Å². The Hall–Kier alpha value is -1.82. The summed E-state index contributed by atoms with van der Waals surface area (Å²) in [5.74, 6) is 0.143. The number of nitrogens with one attached hydrogen (secondary N) is 1. The van der Waals surface area contributed by atoms with Crippen LogP contribution in [0.25, 0.3) is 0 Å². The molecule has 0 atom stereocenters. The molecule has 1 aromatic rings. The number of nitrogens with zero attached hydrogens (tertiary/aromatic N) is 2. The molecule has 1 aromatic heterocycles. The Balaban J connectivity index is 1.93. The molecule has 1 fully saturated rings. The Morgan fingerprint density at radius 2 is 2.25 bits per heavy atom. The van der Waals surface area contributed by atoms with E-state index in [2.05, 4.69) is 15.2 Å². The zero-order valence-electron chi connectivity index (χ0n) is 11.9. The summed E-state index contributed by atoms with van der Waals surface area (Å²) in [5.41, 5.74) is 6.69. The number of rotatable bonds is 6. The topological polar surface area (TPSA) is 80.5 Å². The highest BCUT2D eigenvalue weighted by molar-refractivity contribution is 5.97. The molecule has 20 heavy (non-hydrogen) atoms. The highest BCUT2D eigenvalue weighted by Crippen LogP contribution is 2.20. The van der Waals surface area contributed by atoms with E-state index in [0.717, 1.165) is 26.2 Å².